The standard InChI is InChI=1S/C14H24BrNS/c1-5-8-16-12(6-7-14(2,3)4)13-9-11(15)10-17-13/h9-10,12,16H,5-8H2,1-4H3. The first kappa shape index (κ1) is 15.2. The van der Waals surface area contributed by atoms with E-state index in [1.165, 1.54) is 28.6 Å². The zero-order chi connectivity index (χ0) is 12.9. The molecule has 0 amide bonds. The summed E-state index contributed by atoms with van der Waals surface area (Å²) >= 11 is 5.39. The zero-order valence-corrected chi connectivity index (χ0v) is 13.7. The third-order valence-electron chi connectivity index (χ3n) is 2.75. The van der Waals surface area contributed by atoms with E-state index in [1.807, 2.05) is 11.3 Å². The van der Waals surface area contributed by atoms with Crippen molar-refractivity contribution in [3.63, 3.8) is 0 Å². The number of thiophene rings is 1. The van der Waals surface area contributed by atoms with Gasteiger partial charge in [0.2, 0.25) is 0 Å². The van der Waals surface area contributed by atoms with E-state index in [0.29, 0.717) is 11.5 Å². The van der Waals surface area contributed by atoms with Crippen molar-refractivity contribution < 1.29 is 0 Å². The van der Waals surface area contributed by atoms with Gasteiger partial charge in [0.15, 0.2) is 0 Å². The van der Waals surface area contributed by atoms with E-state index < -0.39 is 0 Å². The lowest BCUT2D eigenvalue weighted by atomic mass is 9.88. The molecule has 0 aliphatic carbocycles. The van der Waals surface area contributed by atoms with Crippen molar-refractivity contribution in [2.24, 2.45) is 5.41 Å². The first-order chi connectivity index (χ1) is 7.92. The van der Waals surface area contributed by atoms with Gasteiger partial charge < -0.3 is 5.32 Å². The van der Waals surface area contributed by atoms with Crippen LogP contribution in [0.2, 0.25) is 0 Å². The van der Waals surface area contributed by atoms with Gasteiger partial charge in [0.05, 0.1) is 0 Å². The first-order valence-corrected chi connectivity index (χ1v) is 8.07. The van der Waals surface area contributed by atoms with Crippen LogP contribution in [0.4, 0.5) is 0 Å². The van der Waals surface area contributed by atoms with E-state index in [9.17, 15) is 0 Å². The van der Waals surface area contributed by atoms with Crippen molar-refractivity contribution in [1.82, 2.24) is 5.32 Å². The van der Waals surface area contributed by atoms with E-state index in [4.69, 9.17) is 0 Å². The molecule has 0 fully saturated rings. The summed E-state index contributed by atoms with van der Waals surface area (Å²) in [7, 11) is 0. The molecule has 0 aliphatic heterocycles. The number of rotatable bonds is 6. The minimum Gasteiger partial charge on any atom is -0.309 e. The molecule has 3 heteroatoms. The Morgan fingerprint density at radius 1 is 1.41 bits per heavy atom. The van der Waals surface area contributed by atoms with Gasteiger partial charge in [0, 0.05) is 20.8 Å². The molecule has 1 aromatic rings. The molecule has 1 rings (SSSR count). The summed E-state index contributed by atoms with van der Waals surface area (Å²) < 4.78 is 1.21. The van der Waals surface area contributed by atoms with Crippen LogP contribution in [-0.4, -0.2) is 6.54 Å². The minimum absolute atomic E-state index is 0.417. The summed E-state index contributed by atoms with van der Waals surface area (Å²) in [5.74, 6) is 0. The van der Waals surface area contributed by atoms with Gasteiger partial charge in [-0.3, -0.25) is 0 Å². The molecule has 0 saturated carbocycles. The fourth-order valence-electron chi connectivity index (χ4n) is 1.75. The molecule has 1 heterocycles. The van der Waals surface area contributed by atoms with Gasteiger partial charge in [-0.05, 0) is 53.2 Å². The van der Waals surface area contributed by atoms with E-state index >= 15 is 0 Å². The van der Waals surface area contributed by atoms with E-state index in [0.717, 1.165) is 6.54 Å². The molecule has 1 N–H and O–H groups in total. The molecular weight excluding hydrogens is 294 g/mol. The molecule has 1 nitrogen and oxygen atoms in total. The molecule has 0 radical (unpaired) electrons. The summed E-state index contributed by atoms with van der Waals surface area (Å²) in [5, 5.41) is 5.83. The second kappa shape index (κ2) is 6.91. The fraction of sp³-hybridized carbons (Fsp3) is 0.714. The summed E-state index contributed by atoms with van der Waals surface area (Å²) in [6.45, 7) is 10.3. The van der Waals surface area contributed by atoms with Crippen LogP contribution in [0.1, 0.15) is 57.9 Å². The van der Waals surface area contributed by atoms with E-state index in [1.54, 1.807) is 0 Å². The van der Waals surface area contributed by atoms with Gasteiger partial charge in [0.1, 0.15) is 0 Å². The van der Waals surface area contributed by atoms with Gasteiger partial charge in [-0.2, -0.15) is 0 Å². The third kappa shape index (κ3) is 6.03. The highest BCUT2D eigenvalue weighted by molar-refractivity contribution is 9.10. The summed E-state index contributed by atoms with van der Waals surface area (Å²) in [6.07, 6.45) is 3.67. The van der Waals surface area contributed by atoms with Crippen LogP contribution in [0, 0.1) is 5.41 Å². The Bertz CT molecular complexity index is 327. The fourth-order valence-corrected chi connectivity index (χ4v) is 3.31. The third-order valence-corrected chi connectivity index (χ3v) is 4.56. The second-order valence-corrected chi connectivity index (χ2v) is 7.63. The lowest BCUT2D eigenvalue weighted by Crippen LogP contribution is -2.22. The molecule has 0 bridgehead atoms. The Kier molecular flexibility index (Phi) is 6.18. The van der Waals surface area contributed by atoms with Crippen LogP contribution in [0.15, 0.2) is 15.9 Å². The molecule has 0 spiro atoms. The molecule has 98 valence electrons. The predicted molar refractivity (Wildman–Crippen MR) is 81.7 cm³/mol. The highest BCUT2D eigenvalue weighted by Crippen LogP contribution is 2.31. The van der Waals surface area contributed by atoms with Crippen LogP contribution >= 0.6 is 27.3 Å². The van der Waals surface area contributed by atoms with Gasteiger partial charge in [-0.15, -0.1) is 11.3 Å². The molecule has 0 aliphatic rings. The largest absolute Gasteiger partial charge is 0.309 e. The lowest BCUT2D eigenvalue weighted by molar-refractivity contribution is 0.333. The Morgan fingerprint density at radius 2 is 2.12 bits per heavy atom. The van der Waals surface area contributed by atoms with Crippen LogP contribution in [0.3, 0.4) is 0 Å². The van der Waals surface area contributed by atoms with Crippen LogP contribution in [-0.2, 0) is 0 Å². The summed E-state index contributed by atoms with van der Waals surface area (Å²) in [6, 6.07) is 2.77. The Balaban J connectivity index is 2.60. The van der Waals surface area contributed by atoms with Crippen molar-refractivity contribution >= 4 is 27.3 Å². The maximum absolute atomic E-state index is 3.66. The van der Waals surface area contributed by atoms with Gasteiger partial charge in [0.25, 0.3) is 0 Å². The number of halogens is 1. The smallest absolute Gasteiger partial charge is 0.0415 e. The molecule has 0 aromatic carbocycles. The Morgan fingerprint density at radius 3 is 2.59 bits per heavy atom. The second-order valence-electron chi connectivity index (χ2n) is 5.77. The summed E-state index contributed by atoms with van der Waals surface area (Å²) in [4.78, 5) is 1.45. The van der Waals surface area contributed by atoms with Crippen LogP contribution in [0.25, 0.3) is 0 Å². The van der Waals surface area contributed by atoms with Crippen molar-refractivity contribution in [2.75, 3.05) is 6.54 Å². The zero-order valence-electron chi connectivity index (χ0n) is 11.3. The van der Waals surface area contributed by atoms with Gasteiger partial charge >= 0.3 is 0 Å². The van der Waals surface area contributed by atoms with E-state index in [-0.39, 0.29) is 0 Å². The molecule has 0 saturated heterocycles. The normalized spacial score (nSPS) is 13.9. The highest BCUT2D eigenvalue weighted by atomic mass is 79.9. The van der Waals surface area contributed by atoms with Gasteiger partial charge in [-0.25, -0.2) is 0 Å². The predicted octanol–water partition coefficient (Wildman–Crippen LogP) is 5.38. The number of hydrogen-bond acceptors (Lipinski definition) is 2. The monoisotopic (exact) mass is 317 g/mol. The Hall–Kier alpha value is 0.140. The average Bonchev–Trinajstić information content (AvgIpc) is 2.63. The quantitative estimate of drug-likeness (QED) is 0.743. The minimum atomic E-state index is 0.417. The molecule has 1 atom stereocenters. The van der Waals surface area contributed by atoms with Crippen molar-refractivity contribution in [3.8, 4) is 0 Å². The van der Waals surface area contributed by atoms with Gasteiger partial charge in [-0.1, -0.05) is 27.7 Å². The molecule has 1 unspecified atom stereocenters. The number of hydrogen-bond donors (Lipinski definition) is 1. The Labute approximate surface area is 118 Å². The van der Waals surface area contributed by atoms with Crippen LogP contribution < -0.4 is 5.32 Å². The molecular formula is C14H24BrNS. The van der Waals surface area contributed by atoms with Crippen molar-refractivity contribution in [1.29, 1.82) is 0 Å². The average molecular weight is 318 g/mol. The van der Waals surface area contributed by atoms with Crippen molar-refractivity contribution in [2.45, 2.75) is 53.0 Å². The maximum Gasteiger partial charge on any atom is 0.0415 e. The molecule has 1 aromatic heterocycles. The summed E-state index contributed by atoms with van der Waals surface area (Å²) in [5.41, 5.74) is 0.417. The SMILES string of the molecule is CCCNC(CCC(C)(C)C)c1cc(Br)cs1. The van der Waals surface area contributed by atoms with Crippen molar-refractivity contribution in [3.05, 3.63) is 20.8 Å². The number of nitrogens with one attached hydrogen (secondary N) is 1. The maximum atomic E-state index is 3.66. The van der Waals surface area contributed by atoms with Crippen LogP contribution in [0.5, 0.6) is 0 Å². The lowest BCUT2D eigenvalue weighted by Gasteiger charge is -2.23. The van der Waals surface area contributed by atoms with E-state index in [2.05, 4.69) is 60.4 Å². The topological polar surface area (TPSA) is 12.0 Å². The first-order valence-electron chi connectivity index (χ1n) is 6.39. The molecule has 17 heavy (non-hydrogen) atoms. The highest BCUT2D eigenvalue weighted by Gasteiger charge is 2.17.